The SMILES string of the molecule is C[C@@H](CN(C(=O)C1CC1)c1ccccc1)NC(=O)C1CC1. The molecule has 112 valence electrons. The molecule has 21 heavy (non-hydrogen) atoms. The maximum Gasteiger partial charge on any atom is 0.230 e. The fourth-order valence-electron chi connectivity index (χ4n) is 2.51. The molecule has 0 heterocycles. The number of anilines is 1. The summed E-state index contributed by atoms with van der Waals surface area (Å²) in [5.74, 6) is 0.705. The van der Waals surface area contributed by atoms with Gasteiger partial charge in [-0.2, -0.15) is 0 Å². The molecule has 0 aromatic heterocycles. The molecule has 1 N–H and O–H groups in total. The zero-order valence-corrected chi connectivity index (χ0v) is 12.4. The Bertz CT molecular complexity index is 521. The van der Waals surface area contributed by atoms with Gasteiger partial charge in [-0.3, -0.25) is 9.59 Å². The molecule has 2 aliphatic carbocycles. The number of nitrogens with zero attached hydrogens (tertiary/aromatic N) is 1. The van der Waals surface area contributed by atoms with Crippen molar-refractivity contribution in [3.05, 3.63) is 30.3 Å². The molecule has 0 radical (unpaired) electrons. The first-order valence-electron chi connectivity index (χ1n) is 7.82. The number of para-hydroxylation sites is 1. The van der Waals surface area contributed by atoms with E-state index in [-0.39, 0.29) is 29.7 Å². The summed E-state index contributed by atoms with van der Waals surface area (Å²) in [6, 6.07) is 9.71. The molecule has 0 aliphatic heterocycles. The zero-order chi connectivity index (χ0) is 14.8. The third-order valence-corrected chi connectivity index (χ3v) is 4.05. The van der Waals surface area contributed by atoms with Crippen LogP contribution in [0.3, 0.4) is 0 Å². The molecule has 1 atom stereocenters. The first kappa shape index (κ1) is 14.1. The Kier molecular flexibility index (Phi) is 3.95. The minimum absolute atomic E-state index is 0.0268. The van der Waals surface area contributed by atoms with Gasteiger partial charge < -0.3 is 10.2 Å². The molecule has 0 spiro atoms. The average molecular weight is 286 g/mol. The van der Waals surface area contributed by atoms with E-state index in [0.29, 0.717) is 6.54 Å². The maximum atomic E-state index is 12.5. The highest BCUT2D eigenvalue weighted by molar-refractivity contribution is 5.96. The van der Waals surface area contributed by atoms with Crippen LogP contribution in [0, 0.1) is 11.8 Å². The summed E-state index contributed by atoms with van der Waals surface area (Å²) in [5.41, 5.74) is 0.918. The predicted molar refractivity (Wildman–Crippen MR) is 81.8 cm³/mol. The van der Waals surface area contributed by atoms with E-state index in [0.717, 1.165) is 31.4 Å². The summed E-state index contributed by atoms with van der Waals surface area (Å²) in [6.45, 7) is 2.51. The molecule has 2 saturated carbocycles. The van der Waals surface area contributed by atoms with Gasteiger partial charge in [0.15, 0.2) is 0 Å². The van der Waals surface area contributed by atoms with E-state index in [1.165, 1.54) is 0 Å². The fourth-order valence-corrected chi connectivity index (χ4v) is 2.51. The molecule has 2 aliphatic rings. The van der Waals surface area contributed by atoms with Gasteiger partial charge in [0.2, 0.25) is 11.8 Å². The molecule has 4 heteroatoms. The number of benzene rings is 1. The van der Waals surface area contributed by atoms with E-state index in [1.54, 1.807) is 0 Å². The number of amides is 2. The minimum Gasteiger partial charge on any atom is -0.352 e. The predicted octanol–water partition coefficient (Wildman–Crippen LogP) is 2.34. The topological polar surface area (TPSA) is 49.4 Å². The highest BCUT2D eigenvalue weighted by Gasteiger charge is 2.35. The summed E-state index contributed by atoms with van der Waals surface area (Å²) in [7, 11) is 0. The fraction of sp³-hybridized carbons (Fsp3) is 0.529. The molecule has 0 saturated heterocycles. The van der Waals surface area contributed by atoms with Crippen LogP contribution in [0.4, 0.5) is 5.69 Å². The van der Waals surface area contributed by atoms with Crippen molar-refractivity contribution in [3.63, 3.8) is 0 Å². The molecular weight excluding hydrogens is 264 g/mol. The molecule has 3 rings (SSSR count). The van der Waals surface area contributed by atoms with Crippen molar-refractivity contribution in [1.29, 1.82) is 0 Å². The summed E-state index contributed by atoms with van der Waals surface area (Å²) in [5, 5.41) is 3.02. The van der Waals surface area contributed by atoms with E-state index in [2.05, 4.69) is 5.32 Å². The Morgan fingerprint density at radius 1 is 1.14 bits per heavy atom. The lowest BCUT2D eigenvalue weighted by atomic mass is 10.2. The summed E-state index contributed by atoms with van der Waals surface area (Å²) in [6.07, 6.45) is 3.99. The molecule has 0 unspecified atom stereocenters. The average Bonchev–Trinajstić information content (AvgIpc) is 3.37. The molecular formula is C17H22N2O2. The van der Waals surface area contributed by atoms with Crippen molar-refractivity contribution in [2.45, 2.75) is 38.6 Å². The highest BCUT2D eigenvalue weighted by atomic mass is 16.2. The van der Waals surface area contributed by atoms with Crippen molar-refractivity contribution < 1.29 is 9.59 Å². The van der Waals surface area contributed by atoms with Gasteiger partial charge in [0.25, 0.3) is 0 Å². The first-order valence-corrected chi connectivity index (χ1v) is 7.82. The monoisotopic (exact) mass is 286 g/mol. The van der Waals surface area contributed by atoms with E-state index >= 15 is 0 Å². The van der Waals surface area contributed by atoms with Crippen molar-refractivity contribution in [2.75, 3.05) is 11.4 Å². The highest BCUT2D eigenvalue weighted by Crippen LogP contribution is 2.33. The van der Waals surface area contributed by atoms with Crippen LogP contribution in [0.2, 0.25) is 0 Å². The van der Waals surface area contributed by atoms with Crippen molar-refractivity contribution in [3.8, 4) is 0 Å². The lowest BCUT2D eigenvalue weighted by Gasteiger charge is -2.26. The van der Waals surface area contributed by atoms with E-state index < -0.39 is 0 Å². The van der Waals surface area contributed by atoms with Gasteiger partial charge in [0, 0.05) is 30.1 Å². The normalized spacial score (nSPS) is 18.9. The summed E-state index contributed by atoms with van der Waals surface area (Å²) in [4.78, 5) is 26.2. The number of rotatable bonds is 6. The quantitative estimate of drug-likeness (QED) is 0.872. The van der Waals surface area contributed by atoms with Crippen LogP contribution in [-0.4, -0.2) is 24.4 Å². The van der Waals surface area contributed by atoms with Gasteiger partial charge in [0.1, 0.15) is 0 Å². The first-order chi connectivity index (χ1) is 10.1. The van der Waals surface area contributed by atoms with Crippen molar-refractivity contribution in [2.24, 2.45) is 11.8 Å². The molecule has 4 nitrogen and oxygen atoms in total. The van der Waals surface area contributed by atoms with Crippen molar-refractivity contribution >= 4 is 17.5 Å². The molecule has 2 fully saturated rings. The number of hydrogen-bond donors (Lipinski definition) is 1. The maximum absolute atomic E-state index is 12.5. The Hall–Kier alpha value is -1.84. The van der Waals surface area contributed by atoms with Crippen LogP contribution in [-0.2, 0) is 9.59 Å². The van der Waals surface area contributed by atoms with Gasteiger partial charge >= 0.3 is 0 Å². The lowest BCUT2D eigenvalue weighted by molar-refractivity contribution is -0.123. The molecule has 1 aromatic carbocycles. The Labute approximate surface area is 125 Å². The number of hydrogen-bond acceptors (Lipinski definition) is 2. The Balaban J connectivity index is 1.66. The van der Waals surface area contributed by atoms with E-state index in [9.17, 15) is 9.59 Å². The standard InChI is InChI=1S/C17H22N2O2/c1-12(18-16(20)13-7-8-13)11-19(17(21)14-9-10-14)15-5-3-2-4-6-15/h2-6,12-14H,7-11H2,1H3,(H,18,20)/t12-/m0/s1. The van der Waals surface area contributed by atoms with Gasteiger partial charge in [-0.15, -0.1) is 0 Å². The van der Waals surface area contributed by atoms with Gasteiger partial charge in [0.05, 0.1) is 0 Å². The number of nitrogens with one attached hydrogen (secondary N) is 1. The largest absolute Gasteiger partial charge is 0.352 e. The Morgan fingerprint density at radius 3 is 2.33 bits per heavy atom. The van der Waals surface area contributed by atoms with Crippen molar-refractivity contribution in [1.82, 2.24) is 5.32 Å². The second-order valence-electron chi connectivity index (χ2n) is 6.24. The van der Waals surface area contributed by atoms with Gasteiger partial charge in [-0.1, -0.05) is 18.2 Å². The molecule has 1 aromatic rings. The summed E-state index contributed by atoms with van der Waals surface area (Å²) >= 11 is 0. The van der Waals surface area contributed by atoms with Crippen LogP contribution in [0.1, 0.15) is 32.6 Å². The zero-order valence-electron chi connectivity index (χ0n) is 12.4. The second kappa shape index (κ2) is 5.88. The minimum atomic E-state index is -0.0268. The third kappa shape index (κ3) is 3.63. The molecule has 2 amide bonds. The third-order valence-electron chi connectivity index (χ3n) is 4.05. The van der Waals surface area contributed by atoms with Gasteiger partial charge in [-0.05, 0) is 44.7 Å². The second-order valence-corrected chi connectivity index (χ2v) is 6.24. The summed E-state index contributed by atoms with van der Waals surface area (Å²) < 4.78 is 0. The van der Waals surface area contributed by atoms with E-state index in [4.69, 9.17) is 0 Å². The smallest absolute Gasteiger partial charge is 0.230 e. The van der Waals surface area contributed by atoms with Crippen LogP contribution in [0.25, 0.3) is 0 Å². The van der Waals surface area contributed by atoms with Crippen LogP contribution < -0.4 is 10.2 Å². The lowest BCUT2D eigenvalue weighted by Crippen LogP contribution is -2.45. The van der Waals surface area contributed by atoms with Crippen LogP contribution in [0.5, 0.6) is 0 Å². The van der Waals surface area contributed by atoms with Crippen LogP contribution in [0.15, 0.2) is 30.3 Å². The van der Waals surface area contributed by atoms with Gasteiger partial charge in [-0.25, -0.2) is 0 Å². The number of carbonyl (C=O) groups excluding carboxylic acids is 2. The Morgan fingerprint density at radius 2 is 1.76 bits per heavy atom. The molecule has 0 bridgehead atoms. The van der Waals surface area contributed by atoms with E-state index in [1.807, 2.05) is 42.2 Å². The van der Waals surface area contributed by atoms with Crippen LogP contribution >= 0.6 is 0 Å². The number of carbonyl (C=O) groups is 2.